The summed E-state index contributed by atoms with van der Waals surface area (Å²) in [7, 11) is 3.08. The van der Waals surface area contributed by atoms with Gasteiger partial charge in [-0.25, -0.2) is 0 Å². The molecule has 0 saturated carbocycles. The van der Waals surface area contributed by atoms with Crippen molar-refractivity contribution in [3.63, 3.8) is 0 Å². The van der Waals surface area contributed by atoms with Crippen molar-refractivity contribution in [2.45, 2.75) is 25.9 Å². The molecular formula is C22H24N2O4. The first kappa shape index (κ1) is 19.5. The molecule has 0 bridgehead atoms. The maximum Gasteiger partial charge on any atom is 0.255 e. The Morgan fingerprint density at radius 1 is 1.14 bits per heavy atom. The molecule has 3 rings (SSSR count). The van der Waals surface area contributed by atoms with E-state index < -0.39 is 11.9 Å². The Balaban J connectivity index is 2.05. The summed E-state index contributed by atoms with van der Waals surface area (Å²) in [6.45, 7) is 2.21. The maximum absolute atomic E-state index is 13.3. The normalized spacial score (nSPS) is 16.0. The minimum Gasteiger partial charge on any atom is -0.493 e. The molecule has 1 aliphatic rings. The van der Waals surface area contributed by atoms with E-state index in [9.17, 15) is 9.59 Å². The number of carbonyl (C=O) groups excluding carboxylic acids is 2. The number of amides is 2. The van der Waals surface area contributed by atoms with Crippen LogP contribution in [-0.4, -0.2) is 37.0 Å². The molecule has 1 heterocycles. The lowest BCUT2D eigenvalue weighted by Crippen LogP contribution is -2.51. The molecule has 1 aliphatic heterocycles. The third-order valence-electron chi connectivity index (χ3n) is 4.94. The fourth-order valence-electron chi connectivity index (χ4n) is 3.58. The molecule has 2 aromatic rings. The number of hydrogen-bond donors (Lipinski definition) is 1. The number of methoxy groups -OCH3 is 2. The van der Waals surface area contributed by atoms with E-state index in [-0.39, 0.29) is 5.91 Å². The van der Waals surface area contributed by atoms with Crippen LogP contribution in [0.4, 0.5) is 0 Å². The Labute approximate surface area is 164 Å². The summed E-state index contributed by atoms with van der Waals surface area (Å²) in [4.78, 5) is 27.0. The fraction of sp³-hybridized carbons (Fsp3) is 0.273. The standard InChI is InChI=1S/C22H24N2O4/c1-4-7-15-10-17(12-19(27-2)20(15)28-3)22(26)24-13-16-9-6-5-8-14(16)11-18(24)21(23)25/h4-10,12,18H,11,13H2,1-3H3,(H2,23,25). The Morgan fingerprint density at radius 3 is 2.46 bits per heavy atom. The number of primary amides is 1. The van der Waals surface area contributed by atoms with E-state index in [0.29, 0.717) is 30.0 Å². The highest BCUT2D eigenvalue weighted by molar-refractivity contribution is 5.99. The molecule has 6 heteroatoms. The van der Waals surface area contributed by atoms with Crippen LogP contribution in [0.3, 0.4) is 0 Å². The van der Waals surface area contributed by atoms with Gasteiger partial charge >= 0.3 is 0 Å². The highest BCUT2D eigenvalue weighted by Crippen LogP contribution is 2.35. The van der Waals surface area contributed by atoms with Crippen molar-refractivity contribution in [3.05, 3.63) is 64.7 Å². The Hall–Kier alpha value is -3.28. The van der Waals surface area contributed by atoms with Gasteiger partial charge in [-0.15, -0.1) is 0 Å². The van der Waals surface area contributed by atoms with Crippen molar-refractivity contribution in [3.8, 4) is 11.5 Å². The van der Waals surface area contributed by atoms with Crippen molar-refractivity contribution in [1.82, 2.24) is 4.90 Å². The fourth-order valence-corrected chi connectivity index (χ4v) is 3.58. The third-order valence-corrected chi connectivity index (χ3v) is 4.94. The minimum absolute atomic E-state index is 0.273. The molecule has 2 amide bonds. The van der Waals surface area contributed by atoms with Gasteiger partial charge in [0, 0.05) is 24.1 Å². The lowest BCUT2D eigenvalue weighted by molar-refractivity contribution is -0.122. The number of carbonyl (C=O) groups is 2. The highest BCUT2D eigenvalue weighted by atomic mass is 16.5. The van der Waals surface area contributed by atoms with Crippen molar-refractivity contribution < 1.29 is 19.1 Å². The molecule has 28 heavy (non-hydrogen) atoms. The number of nitrogens with zero attached hydrogens (tertiary/aromatic N) is 1. The van der Waals surface area contributed by atoms with Gasteiger partial charge in [0.25, 0.3) is 5.91 Å². The smallest absolute Gasteiger partial charge is 0.255 e. The van der Waals surface area contributed by atoms with Crippen LogP contribution in [-0.2, 0) is 17.8 Å². The van der Waals surface area contributed by atoms with Gasteiger partial charge in [-0.2, -0.15) is 0 Å². The molecule has 0 radical (unpaired) electrons. The van der Waals surface area contributed by atoms with Crippen molar-refractivity contribution >= 4 is 17.9 Å². The zero-order chi connectivity index (χ0) is 20.3. The van der Waals surface area contributed by atoms with Crippen LogP contribution in [0.5, 0.6) is 11.5 Å². The molecule has 146 valence electrons. The number of benzene rings is 2. The number of allylic oxidation sites excluding steroid dienone is 1. The monoisotopic (exact) mass is 380 g/mol. The van der Waals surface area contributed by atoms with E-state index in [0.717, 1.165) is 16.7 Å². The molecule has 0 fully saturated rings. The first-order valence-corrected chi connectivity index (χ1v) is 9.06. The molecule has 6 nitrogen and oxygen atoms in total. The summed E-state index contributed by atoms with van der Waals surface area (Å²) < 4.78 is 10.8. The Morgan fingerprint density at radius 2 is 1.86 bits per heavy atom. The van der Waals surface area contributed by atoms with E-state index in [1.54, 1.807) is 19.2 Å². The topological polar surface area (TPSA) is 81.9 Å². The van der Waals surface area contributed by atoms with Crippen molar-refractivity contribution in [2.75, 3.05) is 14.2 Å². The van der Waals surface area contributed by atoms with Gasteiger partial charge in [0.15, 0.2) is 11.5 Å². The number of rotatable bonds is 5. The molecule has 2 N–H and O–H groups in total. The first-order valence-electron chi connectivity index (χ1n) is 9.06. The van der Waals surface area contributed by atoms with Gasteiger partial charge in [0.1, 0.15) is 6.04 Å². The summed E-state index contributed by atoms with van der Waals surface area (Å²) in [5, 5.41) is 0. The predicted molar refractivity (Wildman–Crippen MR) is 107 cm³/mol. The quantitative estimate of drug-likeness (QED) is 0.865. The van der Waals surface area contributed by atoms with Gasteiger partial charge in [-0.3, -0.25) is 9.59 Å². The zero-order valence-electron chi connectivity index (χ0n) is 16.3. The number of hydrogen-bond acceptors (Lipinski definition) is 4. The lowest BCUT2D eigenvalue weighted by atomic mass is 9.92. The van der Waals surface area contributed by atoms with Crippen molar-refractivity contribution in [2.24, 2.45) is 5.73 Å². The predicted octanol–water partition coefficient (Wildman–Crippen LogP) is 2.79. The van der Waals surface area contributed by atoms with Crippen LogP contribution in [0.15, 0.2) is 42.5 Å². The van der Waals surface area contributed by atoms with Gasteiger partial charge in [-0.1, -0.05) is 36.4 Å². The highest BCUT2D eigenvalue weighted by Gasteiger charge is 2.34. The second-order valence-electron chi connectivity index (χ2n) is 6.63. The summed E-state index contributed by atoms with van der Waals surface area (Å²) in [6.07, 6.45) is 4.11. The van der Waals surface area contributed by atoms with Gasteiger partial charge in [-0.05, 0) is 30.2 Å². The van der Waals surface area contributed by atoms with Crippen LogP contribution in [0.1, 0.15) is 34.0 Å². The van der Waals surface area contributed by atoms with Gasteiger partial charge in [0.05, 0.1) is 14.2 Å². The molecule has 0 spiro atoms. The van der Waals surface area contributed by atoms with Crippen LogP contribution in [0.2, 0.25) is 0 Å². The minimum atomic E-state index is -0.694. The summed E-state index contributed by atoms with van der Waals surface area (Å²) in [6, 6.07) is 10.5. The summed E-state index contributed by atoms with van der Waals surface area (Å²) in [5.41, 5.74) is 8.81. The SMILES string of the molecule is CC=Cc1cc(C(=O)N2Cc3ccccc3CC2C(N)=O)cc(OC)c1OC. The average molecular weight is 380 g/mol. The van der Waals surface area contributed by atoms with Crippen LogP contribution < -0.4 is 15.2 Å². The molecule has 0 aromatic heterocycles. The van der Waals surface area contributed by atoms with Crippen molar-refractivity contribution in [1.29, 1.82) is 0 Å². The molecule has 0 aliphatic carbocycles. The Kier molecular flexibility index (Phi) is 5.68. The van der Waals surface area contributed by atoms with Crippen LogP contribution >= 0.6 is 0 Å². The van der Waals surface area contributed by atoms with Crippen LogP contribution in [0.25, 0.3) is 6.08 Å². The molecule has 1 unspecified atom stereocenters. The lowest BCUT2D eigenvalue weighted by Gasteiger charge is -2.35. The number of fused-ring (bicyclic) bond motifs is 1. The van der Waals surface area contributed by atoms with E-state index in [2.05, 4.69) is 0 Å². The average Bonchev–Trinajstić information content (AvgIpc) is 2.71. The number of nitrogens with two attached hydrogens (primary N) is 1. The molecule has 0 saturated heterocycles. The third kappa shape index (κ3) is 3.58. The zero-order valence-corrected chi connectivity index (χ0v) is 16.3. The Bertz CT molecular complexity index is 936. The maximum atomic E-state index is 13.3. The largest absolute Gasteiger partial charge is 0.493 e. The molecule has 1 atom stereocenters. The summed E-state index contributed by atoms with van der Waals surface area (Å²) >= 11 is 0. The van der Waals surface area contributed by atoms with Crippen LogP contribution in [0, 0.1) is 0 Å². The first-order chi connectivity index (χ1) is 13.5. The van der Waals surface area contributed by atoms with E-state index in [1.807, 2.05) is 43.3 Å². The number of ether oxygens (including phenoxy) is 2. The van der Waals surface area contributed by atoms with E-state index in [1.165, 1.54) is 12.0 Å². The van der Waals surface area contributed by atoms with E-state index >= 15 is 0 Å². The van der Waals surface area contributed by atoms with Gasteiger partial charge < -0.3 is 20.1 Å². The summed E-state index contributed by atoms with van der Waals surface area (Å²) in [5.74, 6) is 0.212. The second-order valence-corrected chi connectivity index (χ2v) is 6.63. The molecule has 2 aromatic carbocycles. The van der Waals surface area contributed by atoms with E-state index in [4.69, 9.17) is 15.2 Å². The second kappa shape index (κ2) is 8.17. The van der Waals surface area contributed by atoms with Gasteiger partial charge in [0.2, 0.25) is 5.91 Å². The molecular weight excluding hydrogens is 356 g/mol.